The zero-order chi connectivity index (χ0) is 19.2. The number of aliphatic imine (C=N–C) groups is 1. The number of benzene rings is 2. The molecule has 148 valence electrons. The predicted molar refractivity (Wildman–Crippen MR) is 105 cm³/mol. The highest BCUT2D eigenvalue weighted by Crippen LogP contribution is 2.23. The summed E-state index contributed by atoms with van der Waals surface area (Å²) < 4.78 is 58.7. The minimum Gasteiger partial charge on any atom is -0.489 e. The molecule has 0 bridgehead atoms. The van der Waals surface area contributed by atoms with E-state index in [4.69, 9.17) is 10.5 Å². The summed E-state index contributed by atoms with van der Waals surface area (Å²) in [5, 5.41) is 2.74. The quantitative estimate of drug-likeness (QED) is 0.265. The second-order valence-electron chi connectivity index (χ2n) is 5.31. The highest BCUT2D eigenvalue weighted by atomic mass is 127. The van der Waals surface area contributed by atoms with Gasteiger partial charge in [-0.25, -0.2) is 9.38 Å². The summed E-state index contributed by atoms with van der Waals surface area (Å²) >= 11 is 0. The van der Waals surface area contributed by atoms with Crippen molar-refractivity contribution in [2.75, 3.05) is 11.9 Å². The van der Waals surface area contributed by atoms with E-state index in [-0.39, 0.29) is 48.3 Å². The van der Waals surface area contributed by atoms with Crippen LogP contribution in [0.1, 0.15) is 6.92 Å². The van der Waals surface area contributed by atoms with Gasteiger partial charge >= 0.3 is 6.36 Å². The van der Waals surface area contributed by atoms with E-state index in [9.17, 15) is 17.6 Å². The summed E-state index contributed by atoms with van der Waals surface area (Å²) in [4.78, 5) is 4.07. The molecule has 0 fully saturated rings. The molecule has 1 unspecified atom stereocenters. The van der Waals surface area contributed by atoms with Gasteiger partial charge in [-0.1, -0.05) is 6.07 Å². The van der Waals surface area contributed by atoms with Crippen molar-refractivity contribution in [2.24, 2.45) is 10.7 Å². The van der Waals surface area contributed by atoms with Gasteiger partial charge in [-0.3, -0.25) is 0 Å². The van der Waals surface area contributed by atoms with Crippen molar-refractivity contribution in [1.82, 2.24) is 0 Å². The van der Waals surface area contributed by atoms with Gasteiger partial charge in [-0.05, 0) is 43.3 Å². The van der Waals surface area contributed by atoms with Gasteiger partial charge in [0.25, 0.3) is 0 Å². The molecule has 3 N–H and O–H groups in total. The average Bonchev–Trinajstić information content (AvgIpc) is 2.53. The van der Waals surface area contributed by atoms with Crippen LogP contribution in [0.2, 0.25) is 0 Å². The third-order valence-corrected chi connectivity index (χ3v) is 3.01. The monoisotopic (exact) mass is 499 g/mol. The van der Waals surface area contributed by atoms with Crippen molar-refractivity contribution >= 4 is 35.6 Å². The van der Waals surface area contributed by atoms with Crippen LogP contribution in [0.25, 0.3) is 0 Å². The fourth-order valence-electron chi connectivity index (χ4n) is 1.96. The Hall–Kier alpha value is -2.24. The van der Waals surface area contributed by atoms with Gasteiger partial charge in [0.05, 0.1) is 6.54 Å². The Morgan fingerprint density at radius 2 is 1.81 bits per heavy atom. The number of hydrogen-bond donors (Lipinski definition) is 2. The van der Waals surface area contributed by atoms with Crippen LogP contribution in [-0.2, 0) is 0 Å². The van der Waals surface area contributed by atoms with Crippen molar-refractivity contribution in [3.05, 3.63) is 54.3 Å². The Bertz CT molecular complexity index is 755. The second-order valence-corrected chi connectivity index (χ2v) is 5.31. The minimum atomic E-state index is -4.74. The molecule has 2 aromatic rings. The molecule has 1 atom stereocenters. The van der Waals surface area contributed by atoms with Crippen molar-refractivity contribution in [3.63, 3.8) is 0 Å². The first-order chi connectivity index (χ1) is 12.2. The Labute approximate surface area is 170 Å². The molecular weight excluding hydrogens is 481 g/mol. The van der Waals surface area contributed by atoms with Gasteiger partial charge in [-0.2, -0.15) is 0 Å². The van der Waals surface area contributed by atoms with E-state index in [0.717, 1.165) is 12.1 Å². The zero-order valence-corrected chi connectivity index (χ0v) is 16.5. The second kappa shape index (κ2) is 10.2. The fourth-order valence-corrected chi connectivity index (χ4v) is 1.96. The summed E-state index contributed by atoms with van der Waals surface area (Å²) in [6, 6.07) is 10.8. The third-order valence-electron chi connectivity index (χ3n) is 3.01. The lowest BCUT2D eigenvalue weighted by Gasteiger charge is -2.13. The van der Waals surface area contributed by atoms with Crippen LogP contribution in [0.5, 0.6) is 11.5 Å². The maximum absolute atomic E-state index is 13.1. The number of nitrogens with two attached hydrogens (primary N) is 1. The van der Waals surface area contributed by atoms with Gasteiger partial charge in [0, 0.05) is 11.8 Å². The molecule has 5 nitrogen and oxygen atoms in total. The van der Waals surface area contributed by atoms with Crippen LogP contribution in [-0.4, -0.2) is 25.0 Å². The van der Waals surface area contributed by atoms with Crippen molar-refractivity contribution in [3.8, 4) is 11.5 Å². The molecule has 0 saturated heterocycles. The average molecular weight is 499 g/mol. The van der Waals surface area contributed by atoms with Crippen LogP contribution < -0.4 is 20.5 Å². The molecule has 0 aliphatic rings. The van der Waals surface area contributed by atoms with Crippen LogP contribution in [0.4, 0.5) is 23.2 Å². The van der Waals surface area contributed by atoms with Gasteiger partial charge in [0.2, 0.25) is 0 Å². The predicted octanol–water partition coefficient (Wildman–Crippen LogP) is 4.54. The molecule has 0 aliphatic carbocycles. The van der Waals surface area contributed by atoms with Gasteiger partial charge in [0.1, 0.15) is 23.4 Å². The van der Waals surface area contributed by atoms with Crippen LogP contribution >= 0.6 is 24.0 Å². The van der Waals surface area contributed by atoms with Crippen molar-refractivity contribution < 1.29 is 27.0 Å². The van der Waals surface area contributed by atoms with E-state index < -0.39 is 12.2 Å². The van der Waals surface area contributed by atoms with E-state index in [1.807, 2.05) is 0 Å². The Kier molecular flexibility index (Phi) is 8.60. The number of anilines is 1. The van der Waals surface area contributed by atoms with Crippen molar-refractivity contribution in [1.29, 1.82) is 0 Å². The molecule has 0 amide bonds. The van der Waals surface area contributed by atoms with E-state index in [2.05, 4.69) is 15.0 Å². The smallest absolute Gasteiger partial charge is 0.489 e. The Balaban J connectivity index is 0.00000364. The van der Waals surface area contributed by atoms with E-state index in [1.165, 1.54) is 30.3 Å². The first kappa shape index (κ1) is 22.8. The highest BCUT2D eigenvalue weighted by Gasteiger charge is 2.30. The molecule has 0 aromatic heterocycles. The lowest BCUT2D eigenvalue weighted by atomic mass is 10.3. The standard InChI is InChI=1S/C17H17F4N3O2.HI/c1-11(25-15-4-2-3-12(18)9-15)10-23-16(22)24-13-5-7-14(8-6-13)26-17(19,20)21;/h2-9,11H,10H2,1H3,(H3,22,23,24);1H. The first-order valence-corrected chi connectivity index (χ1v) is 7.56. The summed E-state index contributed by atoms with van der Waals surface area (Å²) in [6.07, 6.45) is -5.10. The molecule has 0 spiro atoms. The highest BCUT2D eigenvalue weighted by molar-refractivity contribution is 14.0. The normalized spacial score (nSPS) is 12.7. The fraction of sp³-hybridized carbons (Fsp3) is 0.235. The lowest BCUT2D eigenvalue weighted by molar-refractivity contribution is -0.274. The number of nitrogens with one attached hydrogen (secondary N) is 1. The number of alkyl halides is 3. The Morgan fingerprint density at radius 1 is 1.15 bits per heavy atom. The molecule has 0 heterocycles. The number of halogens is 5. The zero-order valence-electron chi connectivity index (χ0n) is 14.2. The maximum atomic E-state index is 13.1. The van der Waals surface area contributed by atoms with Crippen LogP contribution in [0.3, 0.4) is 0 Å². The summed E-state index contributed by atoms with van der Waals surface area (Å²) in [5.74, 6) is -0.309. The molecular formula is C17H18F4IN3O2. The summed E-state index contributed by atoms with van der Waals surface area (Å²) in [6.45, 7) is 1.94. The Morgan fingerprint density at radius 3 is 2.41 bits per heavy atom. The van der Waals surface area contributed by atoms with Crippen LogP contribution in [0.15, 0.2) is 53.5 Å². The van der Waals surface area contributed by atoms with Gasteiger partial charge in [0.15, 0.2) is 5.96 Å². The molecule has 27 heavy (non-hydrogen) atoms. The topological polar surface area (TPSA) is 68.9 Å². The van der Waals surface area contributed by atoms with Crippen LogP contribution in [0, 0.1) is 5.82 Å². The molecule has 10 heteroatoms. The van der Waals surface area contributed by atoms with Gasteiger partial charge in [-0.15, -0.1) is 37.1 Å². The third kappa shape index (κ3) is 8.80. The first-order valence-electron chi connectivity index (χ1n) is 7.56. The molecule has 0 saturated carbocycles. The molecule has 2 aromatic carbocycles. The lowest BCUT2D eigenvalue weighted by Crippen LogP contribution is -2.25. The molecule has 0 radical (unpaired) electrons. The number of hydrogen-bond acceptors (Lipinski definition) is 3. The van der Waals surface area contributed by atoms with E-state index in [1.54, 1.807) is 13.0 Å². The molecule has 0 aliphatic heterocycles. The number of rotatable bonds is 6. The van der Waals surface area contributed by atoms with E-state index >= 15 is 0 Å². The maximum Gasteiger partial charge on any atom is 0.573 e. The number of guanidine groups is 1. The van der Waals surface area contributed by atoms with E-state index in [0.29, 0.717) is 11.4 Å². The van der Waals surface area contributed by atoms with Gasteiger partial charge < -0.3 is 20.5 Å². The van der Waals surface area contributed by atoms with Crippen molar-refractivity contribution in [2.45, 2.75) is 19.4 Å². The summed E-state index contributed by atoms with van der Waals surface area (Å²) in [5.41, 5.74) is 6.17. The largest absolute Gasteiger partial charge is 0.573 e. The SMILES string of the molecule is CC(CN=C(N)Nc1ccc(OC(F)(F)F)cc1)Oc1cccc(F)c1.I. The number of nitrogens with zero attached hydrogens (tertiary/aromatic N) is 1. The summed E-state index contributed by atoms with van der Waals surface area (Å²) in [7, 11) is 0. The number of ether oxygens (including phenoxy) is 2. The minimum absolute atomic E-state index is 0. The molecule has 2 rings (SSSR count).